The second-order valence-corrected chi connectivity index (χ2v) is 4.77. The van der Waals surface area contributed by atoms with Gasteiger partial charge in [0, 0.05) is 23.8 Å². The van der Waals surface area contributed by atoms with Crippen molar-refractivity contribution in [3.63, 3.8) is 0 Å². The molecule has 0 saturated heterocycles. The van der Waals surface area contributed by atoms with Crippen LogP contribution in [-0.4, -0.2) is 17.0 Å². The van der Waals surface area contributed by atoms with E-state index in [0.717, 1.165) is 11.5 Å². The highest BCUT2D eigenvalue weighted by Crippen LogP contribution is 2.27. The number of anilines is 1. The van der Waals surface area contributed by atoms with Gasteiger partial charge in [0.05, 0.1) is 5.02 Å². The van der Waals surface area contributed by atoms with E-state index < -0.39 is 0 Å². The third-order valence-corrected chi connectivity index (χ3v) is 2.94. The Morgan fingerprint density at radius 1 is 1.21 bits per heavy atom. The minimum Gasteiger partial charge on any atom is -0.484 e. The van der Waals surface area contributed by atoms with E-state index in [4.69, 9.17) is 27.9 Å². The number of aromatic nitrogens is 2. The molecule has 0 fully saturated rings. The number of hydrogen-bond donors (Lipinski definition) is 1. The number of ether oxygens (including phenoxy) is 1. The van der Waals surface area contributed by atoms with Crippen molar-refractivity contribution < 1.29 is 4.74 Å². The fourth-order valence-corrected chi connectivity index (χ4v) is 2.02. The quantitative estimate of drug-likeness (QED) is 0.934. The van der Waals surface area contributed by atoms with Gasteiger partial charge in [0.25, 0.3) is 0 Å². The minimum absolute atomic E-state index is 0.248. The molecule has 2 aromatic rings. The number of hydrogen-bond acceptors (Lipinski definition) is 4. The molecule has 0 bridgehead atoms. The van der Waals surface area contributed by atoms with Crippen LogP contribution in [0.25, 0.3) is 0 Å². The lowest BCUT2D eigenvalue weighted by atomic mass is 10.3. The fourth-order valence-electron chi connectivity index (χ4n) is 1.56. The highest BCUT2D eigenvalue weighted by Gasteiger charge is 2.06. The summed E-state index contributed by atoms with van der Waals surface area (Å²) in [6.07, 6.45) is 0. The van der Waals surface area contributed by atoms with E-state index in [1.54, 1.807) is 18.2 Å². The summed E-state index contributed by atoms with van der Waals surface area (Å²) < 4.78 is 5.59. The summed E-state index contributed by atoms with van der Waals surface area (Å²) in [5, 5.41) is 4.01. The van der Waals surface area contributed by atoms with Crippen LogP contribution in [0.15, 0.2) is 24.3 Å². The number of aryl methyl sites for hydroxylation is 1. The Kier molecular flexibility index (Phi) is 4.45. The molecule has 0 saturated carbocycles. The van der Waals surface area contributed by atoms with Gasteiger partial charge >= 0.3 is 0 Å². The topological polar surface area (TPSA) is 47.0 Å². The van der Waals surface area contributed by atoms with E-state index in [2.05, 4.69) is 15.3 Å². The molecular formula is C13H13Cl2N3O. The van der Waals surface area contributed by atoms with Gasteiger partial charge in [0.15, 0.2) is 5.82 Å². The van der Waals surface area contributed by atoms with Gasteiger partial charge in [0.1, 0.15) is 18.2 Å². The van der Waals surface area contributed by atoms with Crippen LogP contribution >= 0.6 is 23.2 Å². The Labute approximate surface area is 121 Å². The predicted molar refractivity (Wildman–Crippen MR) is 77.1 cm³/mol. The summed E-state index contributed by atoms with van der Waals surface area (Å²) in [4.78, 5) is 8.60. The Balaban J connectivity index is 2.12. The summed E-state index contributed by atoms with van der Waals surface area (Å²) in [6, 6.07) is 6.94. The molecule has 0 radical (unpaired) electrons. The number of rotatable bonds is 4. The van der Waals surface area contributed by atoms with Crippen LogP contribution in [0.3, 0.4) is 0 Å². The largest absolute Gasteiger partial charge is 0.484 e. The minimum atomic E-state index is 0.248. The van der Waals surface area contributed by atoms with Gasteiger partial charge in [-0.1, -0.05) is 23.2 Å². The Morgan fingerprint density at radius 2 is 2.00 bits per heavy atom. The molecule has 0 aliphatic heterocycles. The van der Waals surface area contributed by atoms with E-state index in [9.17, 15) is 0 Å². The molecular weight excluding hydrogens is 285 g/mol. The molecule has 0 amide bonds. The SMILES string of the molecule is CNc1cc(C)nc(COc2ccc(Cl)cc2Cl)n1. The van der Waals surface area contributed by atoms with Crippen LogP contribution in [-0.2, 0) is 6.61 Å². The van der Waals surface area contributed by atoms with Gasteiger partial charge in [0.2, 0.25) is 0 Å². The standard InChI is InChI=1S/C13H13Cl2N3O/c1-8-5-12(16-2)18-13(17-8)7-19-11-4-3-9(14)6-10(11)15/h3-6H,7H2,1-2H3,(H,16,17,18). The Bertz CT molecular complexity index is 590. The Hall–Kier alpha value is -1.52. The summed E-state index contributed by atoms with van der Waals surface area (Å²) in [7, 11) is 1.81. The van der Waals surface area contributed by atoms with Crippen LogP contribution in [0.4, 0.5) is 5.82 Å². The molecule has 0 aliphatic carbocycles. The van der Waals surface area contributed by atoms with Crippen molar-refractivity contribution in [2.75, 3.05) is 12.4 Å². The van der Waals surface area contributed by atoms with Gasteiger partial charge in [-0.25, -0.2) is 9.97 Å². The van der Waals surface area contributed by atoms with Crippen molar-refractivity contribution in [3.8, 4) is 5.75 Å². The molecule has 1 heterocycles. The molecule has 19 heavy (non-hydrogen) atoms. The van der Waals surface area contributed by atoms with E-state index in [0.29, 0.717) is 21.6 Å². The van der Waals surface area contributed by atoms with Gasteiger partial charge < -0.3 is 10.1 Å². The zero-order chi connectivity index (χ0) is 13.8. The van der Waals surface area contributed by atoms with Gasteiger partial charge in [-0.05, 0) is 25.1 Å². The third kappa shape index (κ3) is 3.72. The zero-order valence-corrected chi connectivity index (χ0v) is 12.1. The van der Waals surface area contributed by atoms with Crippen LogP contribution in [0.5, 0.6) is 5.75 Å². The molecule has 2 rings (SSSR count). The van der Waals surface area contributed by atoms with E-state index in [1.807, 2.05) is 20.0 Å². The number of benzene rings is 1. The molecule has 100 valence electrons. The lowest BCUT2D eigenvalue weighted by Gasteiger charge is -2.09. The predicted octanol–water partition coefficient (Wildman–Crippen LogP) is 3.71. The summed E-state index contributed by atoms with van der Waals surface area (Å²) >= 11 is 11.8. The average molecular weight is 298 g/mol. The molecule has 1 N–H and O–H groups in total. The smallest absolute Gasteiger partial charge is 0.168 e. The molecule has 1 aromatic heterocycles. The maximum Gasteiger partial charge on any atom is 0.168 e. The lowest BCUT2D eigenvalue weighted by Crippen LogP contribution is -2.05. The highest BCUT2D eigenvalue weighted by molar-refractivity contribution is 6.35. The number of nitrogens with one attached hydrogen (secondary N) is 1. The third-order valence-electron chi connectivity index (χ3n) is 2.41. The Morgan fingerprint density at radius 3 is 2.68 bits per heavy atom. The first kappa shape index (κ1) is 13.9. The van der Waals surface area contributed by atoms with Crippen LogP contribution in [0.1, 0.15) is 11.5 Å². The van der Waals surface area contributed by atoms with Gasteiger partial charge in [-0.3, -0.25) is 0 Å². The fraction of sp³-hybridized carbons (Fsp3) is 0.231. The molecule has 0 atom stereocenters. The van der Waals surface area contributed by atoms with Crippen LogP contribution in [0, 0.1) is 6.92 Å². The average Bonchev–Trinajstić information content (AvgIpc) is 2.37. The van der Waals surface area contributed by atoms with Gasteiger partial charge in [-0.15, -0.1) is 0 Å². The normalized spacial score (nSPS) is 10.3. The van der Waals surface area contributed by atoms with E-state index in [1.165, 1.54) is 0 Å². The number of nitrogens with zero attached hydrogens (tertiary/aromatic N) is 2. The first-order valence-electron chi connectivity index (χ1n) is 5.68. The first-order chi connectivity index (χ1) is 9.08. The van der Waals surface area contributed by atoms with Gasteiger partial charge in [-0.2, -0.15) is 0 Å². The first-order valence-corrected chi connectivity index (χ1v) is 6.44. The summed E-state index contributed by atoms with van der Waals surface area (Å²) in [6.45, 7) is 2.15. The molecule has 0 spiro atoms. The second kappa shape index (κ2) is 6.08. The van der Waals surface area contributed by atoms with Crippen molar-refractivity contribution in [2.24, 2.45) is 0 Å². The van der Waals surface area contributed by atoms with Crippen molar-refractivity contribution in [1.29, 1.82) is 0 Å². The maximum atomic E-state index is 6.02. The highest BCUT2D eigenvalue weighted by atomic mass is 35.5. The van der Waals surface area contributed by atoms with Crippen molar-refractivity contribution >= 4 is 29.0 Å². The zero-order valence-electron chi connectivity index (χ0n) is 10.6. The molecule has 6 heteroatoms. The molecule has 0 unspecified atom stereocenters. The molecule has 0 aliphatic rings. The van der Waals surface area contributed by atoms with Crippen LogP contribution in [0.2, 0.25) is 10.0 Å². The van der Waals surface area contributed by atoms with Crippen molar-refractivity contribution in [3.05, 3.63) is 45.8 Å². The van der Waals surface area contributed by atoms with E-state index in [-0.39, 0.29) is 6.61 Å². The molecule has 1 aromatic carbocycles. The summed E-state index contributed by atoms with van der Waals surface area (Å²) in [5.74, 6) is 1.91. The van der Waals surface area contributed by atoms with Crippen LogP contribution < -0.4 is 10.1 Å². The maximum absolute atomic E-state index is 6.02. The summed E-state index contributed by atoms with van der Waals surface area (Å²) in [5.41, 5.74) is 0.875. The van der Waals surface area contributed by atoms with Crippen molar-refractivity contribution in [1.82, 2.24) is 9.97 Å². The second-order valence-electron chi connectivity index (χ2n) is 3.92. The van der Waals surface area contributed by atoms with E-state index >= 15 is 0 Å². The monoisotopic (exact) mass is 297 g/mol. The number of halogens is 2. The molecule has 4 nitrogen and oxygen atoms in total. The lowest BCUT2D eigenvalue weighted by molar-refractivity contribution is 0.296. The van der Waals surface area contributed by atoms with Crippen molar-refractivity contribution in [2.45, 2.75) is 13.5 Å².